The number of carbonyl (C=O) groups is 7. The highest BCUT2D eigenvalue weighted by Gasteiger charge is 2.48. The van der Waals surface area contributed by atoms with Crippen LogP contribution >= 0.6 is 11.6 Å². The largest absolute Gasteiger partial charge is 0.490 e. The first-order valence-electron chi connectivity index (χ1n) is 31.1. The molecule has 1 atom stereocenters. The summed E-state index contributed by atoms with van der Waals surface area (Å²) in [4.78, 5) is 100. The number of hydrogen-bond acceptors (Lipinski definition) is 16. The van der Waals surface area contributed by atoms with Crippen LogP contribution in [0.5, 0.6) is 5.75 Å². The minimum Gasteiger partial charge on any atom is -0.490 e. The van der Waals surface area contributed by atoms with Crippen molar-refractivity contribution in [2.24, 2.45) is 5.92 Å². The van der Waals surface area contributed by atoms with Crippen LogP contribution in [0.25, 0.3) is 0 Å². The normalized spacial score (nSPS) is 19.7. The molecule has 4 fully saturated rings. The van der Waals surface area contributed by atoms with Gasteiger partial charge in [-0.2, -0.15) is 5.26 Å². The number of nitriles is 1. The summed E-state index contributed by atoms with van der Waals surface area (Å²) < 4.78 is 32.7. The number of aromatic nitrogens is 2. The SMILES string of the molecule is CC(C)(C)OC(=O)CCCCCCCCCCCCCCCCC(=O)OCN1C(=O)CCC(N2C(=O)c3cc(F)c(N4CCN(CC5CCN(c6ccc(C(=O)NC7CCC(Oc8ccc(C#N)c(Cl)c8)CC7)nn6)CC5)CC4)cc3C2=O)C1=O. The Morgan fingerprint density at radius 3 is 1.88 bits per heavy atom. The number of unbranched alkanes of at least 4 members (excludes halogenated alkanes) is 13. The number of nitrogens with zero attached hydrogens (tertiary/aromatic N) is 8. The van der Waals surface area contributed by atoms with Crippen molar-refractivity contribution in [3.05, 3.63) is 75.7 Å². The van der Waals surface area contributed by atoms with Crippen molar-refractivity contribution in [3.63, 3.8) is 0 Å². The number of halogens is 2. The zero-order valence-corrected chi connectivity index (χ0v) is 50.7. The maximum absolute atomic E-state index is 15.9. The van der Waals surface area contributed by atoms with Crippen molar-refractivity contribution >= 4 is 64.6 Å². The first kappa shape index (κ1) is 64.3. The van der Waals surface area contributed by atoms with Crippen molar-refractivity contribution in [3.8, 4) is 11.8 Å². The first-order chi connectivity index (χ1) is 40.9. The molecule has 5 heterocycles. The van der Waals surface area contributed by atoms with Crippen molar-refractivity contribution in [2.45, 2.75) is 199 Å². The molecule has 460 valence electrons. The fraction of sp³-hybridized carbons (Fsp3) is 0.625. The molecule has 3 saturated heterocycles. The number of piperidine rings is 2. The molecule has 1 aromatic heterocycles. The van der Waals surface area contributed by atoms with Gasteiger partial charge in [-0.1, -0.05) is 88.7 Å². The van der Waals surface area contributed by atoms with Gasteiger partial charge in [-0.15, -0.1) is 10.2 Å². The van der Waals surface area contributed by atoms with Crippen LogP contribution in [0.1, 0.15) is 212 Å². The van der Waals surface area contributed by atoms with E-state index in [1.165, 1.54) is 44.6 Å². The summed E-state index contributed by atoms with van der Waals surface area (Å²) in [7, 11) is 0. The Hall–Kier alpha value is -6.72. The van der Waals surface area contributed by atoms with Crippen LogP contribution in [0.3, 0.4) is 0 Å². The standard InChI is InChI=1S/C64H85ClFN9O10/c1-64(2,3)85-59(78)19-17-15-13-11-9-7-5-4-6-8-10-12-14-16-18-58(77)83-43-74-57(76)29-27-54(63(74)82)75-61(80)49-39-52(66)55(40-50(49)62(75)81)72-36-34-71(35-37-72)42-44-30-32-73(33-31-44)56-28-26-53(69-70-56)60(79)68-46-21-24-47(25-22-46)84-48-23-20-45(41-67)51(65)38-48/h20,23,26,28,38-40,44,46-47,54H,4-19,21-22,24-25,27,29-37,42-43H2,1-3H3,(H,68,79). The number of carbonyl (C=O) groups excluding carboxylic acids is 7. The molecule has 85 heavy (non-hydrogen) atoms. The molecule has 5 aliphatic rings. The van der Waals surface area contributed by atoms with E-state index < -0.39 is 53.8 Å². The van der Waals surface area contributed by atoms with Gasteiger partial charge in [0.15, 0.2) is 18.2 Å². The van der Waals surface area contributed by atoms with Crippen molar-refractivity contribution in [1.29, 1.82) is 5.26 Å². The molecule has 2 aromatic carbocycles. The van der Waals surface area contributed by atoms with Gasteiger partial charge in [0.1, 0.15) is 29.3 Å². The number of esters is 2. The number of hydrogen-bond donors (Lipinski definition) is 1. The van der Waals surface area contributed by atoms with E-state index in [1.54, 1.807) is 24.3 Å². The molecule has 21 heteroatoms. The van der Waals surface area contributed by atoms with Crippen molar-refractivity contribution < 1.29 is 52.2 Å². The van der Waals surface area contributed by atoms with Crippen LogP contribution in [0, 0.1) is 23.1 Å². The molecule has 0 spiro atoms. The van der Waals surface area contributed by atoms with Gasteiger partial charge in [0.05, 0.1) is 33.5 Å². The molecule has 0 radical (unpaired) electrons. The summed E-state index contributed by atoms with van der Waals surface area (Å²) in [6, 6.07) is 11.8. The van der Waals surface area contributed by atoms with Crippen LogP contribution in [0.15, 0.2) is 42.5 Å². The monoisotopic (exact) mass is 1190 g/mol. The Morgan fingerprint density at radius 2 is 1.31 bits per heavy atom. The Kier molecular flexibility index (Phi) is 23.5. The van der Waals surface area contributed by atoms with Gasteiger partial charge >= 0.3 is 11.9 Å². The van der Waals surface area contributed by atoms with Gasteiger partial charge in [-0.25, -0.2) is 9.29 Å². The van der Waals surface area contributed by atoms with Crippen LogP contribution < -0.4 is 19.9 Å². The molecule has 3 aromatic rings. The molecule has 5 amide bonds. The van der Waals surface area contributed by atoms with E-state index in [0.717, 1.165) is 125 Å². The third kappa shape index (κ3) is 18.4. The summed E-state index contributed by atoms with van der Waals surface area (Å²) in [5.74, 6) is -2.70. The molecule has 19 nitrogen and oxygen atoms in total. The lowest BCUT2D eigenvalue weighted by Crippen LogP contribution is -2.56. The minimum atomic E-state index is -1.31. The van der Waals surface area contributed by atoms with E-state index in [4.69, 9.17) is 31.1 Å². The highest BCUT2D eigenvalue weighted by atomic mass is 35.5. The number of imide groups is 2. The number of benzene rings is 2. The molecule has 1 unspecified atom stereocenters. The molecule has 1 saturated carbocycles. The Bertz CT molecular complexity index is 2860. The summed E-state index contributed by atoms with van der Waals surface area (Å²) in [6.07, 6.45) is 20.3. The number of nitrogens with one attached hydrogen (secondary N) is 1. The second-order valence-corrected chi connectivity index (χ2v) is 24.9. The lowest BCUT2D eigenvalue weighted by Gasteiger charge is -2.39. The van der Waals surface area contributed by atoms with Gasteiger partial charge in [0.2, 0.25) is 5.91 Å². The summed E-state index contributed by atoms with van der Waals surface area (Å²) in [6.45, 7) is 9.86. The highest BCUT2D eigenvalue weighted by Crippen LogP contribution is 2.35. The maximum atomic E-state index is 15.9. The number of ether oxygens (including phenoxy) is 3. The Balaban J connectivity index is 0.681. The third-order valence-electron chi connectivity index (χ3n) is 17.0. The van der Waals surface area contributed by atoms with E-state index in [9.17, 15) is 33.6 Å². The topological polar surface area (TPSA) is 225 Å². The summed E-state index contributed by atoms with van der Waals surface area (Å²) >= 11 is 6.17. The fourth-order valence-electron chi connectivity index (χ4n) is 12.2. The molecule has 0 bridgehead atoms. The molecular weight excluding hydrogens is 1110 g/mol. The lowest BCUT2D eigenvalue weighted by atomic mass is 9.93. The van der Waals surface area contributed by atoms with Crippen LogP contribution in [-0.2, 0) is 28.7 Å². The fourth-order valence-corrected chi connectivity index (χ4v) is 12.4. The van der Waals surface area contributed by atoms with E-state index in [0.29, 0.717) is 61.3 Å². The minimum absolute atomic E-state index is 0.00243. The van der Waals surface area contributed by atoms with Crippen LogP contribution in [0.2, 0.25) is 5.02 Å². The van der Waals surface area contributed by atoms with E-state index in [-0.39, 0.29) is 65.8 Å². The molecular formula is C64H85ClFN9O10. The molecule has 1 N–H and O–H groups in total. The van der Waals surface area contributed by atoms with E-state index in [1.807, 2.05) is 37.8 Å². The van der Waals surface area contributed by atoms with Crippen molar-refractivity contribution in [2.75, 3.05) is 62.3 Å². The van der Waals surface area contributed by atoms with Gasteiger partial charge in [-0.3, -0.25) is 43.4 Å². The number of likely N-dealkylation sites (tertiary alicyclic amines) is 1. The van der Waals surface area contributed by atoms with Gasteiger partial charge in [0, 0.05) is 77.2 Å². The number of fused-ring (bicyclic) bond motifs is 1. The molecule has 4 aliphatic heterocycles. The smallest absolute Gasteiger partial charge is 0.307 e. The molecule has 1 aliphatic carbocycles. The second kappa shape index (κ2) is 31.1. The zero-order chi connectivity index (χ0) is 60.5. The number of rotatable bonds is 28. The van der Waals surface area contributed by atoms with Crippen LogP contribution in [0.4, 0.5) is 15.9 Å². The Labute approximate surface area is 504 Å². The van der Waals surface area contributed by atoms with Gasteiger partial charge < -0.3 is 29.3 Å². The van der Waals surface area contributed by atoms with Crippen LogP contribution in [-0.4, -0.2) is 143 Å². The highest BCUT2D eigenvalue weighted by molar-refractivity contribution is 6.31. The van der Waals surface area contributed by atoms with Gasteiger partial charge in [-0.05, 0) is 121 Å². The average Bonchev–Trinajstić information content (AvgIpc) is 1.97. The maximum Gasteiger partial charge on any atom is 0.307 e. The van der Waals surface area contributed by atoms with Gasteiger partial charge in [0.25, 0.3) is 23.6 Å². The third-order valence-corrected chi connectivity index (χ3v) is 17.3. The number of anilines is 2. The number of amides is 5. The lowest BCUT2D eigenvalue weighted by molar-refractivity contribution is -0.164. The summed E-state index contributed by atoms with van der Waals surface area (Å²) in [5, 5.41) is 21.3. The van der Waals surface area contributed by atoms with E-state index in [2.05, 4.69) is 25.3 Å². The average molecular weight is 1190 g/mol. The molecule has 8 rings (SSSR count). The zero-order valence-electron chi connectivity index (χ0n) is 49.9. The van der Waals surface area contributed by atoms with E-state index >= 15 is 4.39 Å². The quantitative estimate of drug-likeness (QED) is 0.0405. The summed E-state index contributed by atoms with van der Waals surface area (Å²) in [5.41, 5.74) is 0.313. The second-order valence-electron chi connectivity index (χ2n) is 24.5. The number of piperazine rings is 1. The first-order valence-corrected chi connectivity index (χ1v) is 31.5. The predicted molar refractivity (Wildman–Crippen MR) is 318 cm³/mol. The Morgan fingerprint density at radius 1 is 0.706 bits per heavy atom. The predicted octanol–water partition coefficient (Wildman–Crippen LogP) is 10.5. The van der Waals surface area contributed by atoms with Crippen molar-refractivity contribution in [1.82, 2.24) is 30.2 Å².